The van der Waals surface area contributed by atoms with Crippen molar-refractivity contribution in [2.75, 3.05) is 6.54 Å². The van der Waals surface area contributed by atoms with Crippen LogP contribution in [-0.2, 0) is 6.42 Å². The van der Waals surface area contributed by atoms with Gasteiger partial charge in [-0.05, 0) is 31.7 Å². The first-order valence-electron chi connectivity index (χ1n) is 7.70. The van der Waals surface area contributed by atoms with E-state index in [9.17, 15) is 4.79 Å². The number of aromatic nitrogens is 1. The molecular weight excluding hydrogens is 270 g/mol. The Morgan fingerprint density at radius 2 is 2.25 bits per heavy atom. The predicted molar refractivity (Wildman–Crippen MR) is 83.0 cm³/mol. The standard InChI is InChI=1S/C15H25N3OS/c1-2-12(11-6-4-3-5-7-11)18-15(19)13-10-20-14(17-13)8-9-16/h10-12H,2-9,16H2,1H3,(H,18,19). The van der Waals surface area contributed by atoms with Crippen molar-refractivity contribution in [1.29, 1.82) is 0 Å². The second kappa shape index (κ2) is 7.74. The summed E-state index contributed by atoms with van der Waals surface area (Å²) in [4.78, 5) is 16.6. The largest absolute Gasteiger partial charge is 0.348 e. The van der Waals surface area contributed by atoms with Gasteiger partial charge in [0, 0.05) is 17.8 Å². The number of carbonyl (C=O) groups excluding carboxylic acids is 1. The summed E-state index contributed by atoms with van der Waals surface area (Å²) >= 11 is 1.52. The molecule has 112 valence electrons. The van der Waals surface area contributed by atoms with Gasteiger partial charge >= 0.3 is 0 Å². The summed E-state index contributed by atoms with van der Waals surface area (Å²) in [7, 11) is 0. The zero-order valence-electron chi connectivity index (χ0n) is 12.2. The van der Waals surface area contributed by atoms with Crippen molar-refractivity contribution in [3.63, 3.8) is 0 Å². The fraction of sp³-hybridized carbons (Fsp3) is 0.733. The van der Waals surface area contributed by atoms with Crippen LogP contribution in [0, 0.1) is 5.92 Å². The number of nitrogens with zero attached hydrogens (tertiary/aromatic N) is 1. The molecule has 0 radical (unpaired) electrons. The van der Waals surface area contributed by atoms with Gasteiger partial charge in [0.25, 0.3) is 5.91 Å². The first-order chi connectivity index (χ1) is 9.74. The SMILES string of the molecule is CCC(NC(=O)c1csc(CCN)n1)C1CCCCC1. The summed E-state index contributed by atoms with van der Waals surface area (Å²) in [6, 6.07) is 0.294. The molecule has 4 nitrogen and oxygen atoms in total. The van der Waals surface area contributed by atoms with Crippen molar-refractivity contribution in [2.24, 2.45) is 11.7 Å². The number of rotatable bonds is 6. The van der Waals surface area contributed by atoms with E-state index in [-0.39, 0.29) is 5.91 Å². The molecule has 0 aliphatic heterocycles. The van der Waals surface area contributed by atoms with Gasteiger partial charge in [0.05, 0.1) is 5.01 Å². The van der Waals surface area contributed by atoms with Crippen LogP contribution in [0.5, 0.6) is 0 Å². The van der Waals surface area contributed by atoms with Gasteiger partial charge in [0.1, 0.15) is 5.69 Å². The third kappa shape index (κ3) is 4.03. The zero-order chi connectivity index (χ0) is 14.4. The maximum Gasteiger partial charge on any atom is 0.270 e. The van der Waals surface area contributed by atoms with Gasteiger partial charge in [-0.25, -0.2) is 4.98 Å². The minimum atomic E-state index is -0.0260. The molecule has 1 saturated carbocycles. The minimum Gasteiger partial charge on any atom is -0.348 e. The van der Waals surface area contributed by atoms with Crippen LogP contribution in [0.1, 0.15) is 60.9 Å². The summed E-state index contributed by atoms with van der Waals surface area (Å²) in [6.45, 7) is 2.73. The highest BCUT2D eigenvalue weighted by molar-refractivity contribution is 7.09. The fourth-order valence-electron chi connectivity index (χ4n) is 2.99. The van der Waals surface area contributed by atoms with Crippen molar-refractivity contribution in [1.82, 2.24) is 10.3 Å². The topological polar surface area (TPSA) is 68.0 Å². The number of hydrogen-bond donors (Lipinski definition) is 2. The van der Waals surface area contributed by atoms with Crippen LogP contribution in [0.3, 0.4) is 0 Å². The van der Waals surface area contributed by atoms with Gasteiger partial charge in [-0.15, -0.1) is 11.3 Å². The lowest BCUT2D eigenvalue weighted by atomic mass is 9.83. The quantitative estimate of drug-likeness (QED) is 0.848. The van der Waals surface area contributed by atoms with Crippen molar-refractivity contribution in [3.8, 4) is 0 Å². The molecule has 1 heterocycles. The van der Waals surface area contributed by atoms with Gasteiger partial charge in [0.15, 0.2) is 0 Å². The Morgan fingerprint density at radius 3 is 2.90 bits per heavy atom. The number of nitrogens with two attached hydrogens (primary N) is 1. The molecule has 3 N–H and O–H groups in total. The van der Waals surface area contributed by atoms with Crippen LogP contribution in [0.15, 0.2) is 5.38 Å². The number of thiazole rings is 1. The summed E-state index contributed by atoms with van der Waals surface area (Å²) in [5, 5.41) is 5.97. The monoisotopic (exact) mass is 295 g/mol. The van der Waals surface area contributed by atoms with E-state index in [1.165, 1.54) is 43.4 Å². The Bertz CT molecular complexity index is 427. The molecule has 5 heteroatoms. The lowest BCUT2D eigenvalue weighted by Crippen LogP contribution is -2.40. The smallest absolute Gasteiger partial charge is 0.270 e. The molecule has 1 fully saturated rings. The Hall–Kier alpha value is -0.940. The molecule has 1 aromatic rings. The van der Waals surface area contributed by atoms with Crippen LogP contribution >= 0.6 is 11.3 Å². The van der Waals surface area contributed by atoms with Gasteiger partial charge in [-0.2, -0.15) is 0 Å². The highest BCUT2D eigenvalue weighted by atomic mass is 32.1. The normalized spacial score (nSPS) is 17.9. The van der Waals surface area contributed by atoms with E-state index in [0.29, 0.717) is 24.2 Å². The second-order valence-corrected chi connectivity index (χ2v) is 6.49. The van der Waals surface area contributed by atoms with Crippen LogP contribution in [-0.4, -0.2) is 23.5 Å². The molecule has 0 spiro atoms. The number of carbonyl (C=O) groups is 1. The molecule has 20 heavy (non-hydrogen) atoms. The molecule has 1 amide bonds. The molecule has 1 aromatic heterocycles. The number of nitrogens with one attached hydrogen (secondary N) is 1. The molecule has 1 aliphatic carbocycles. The first-order valence-corrected chi connectivity index (χ1v) is 8.58. The summed E-state index contributed by atoms with van der Waals surface area (Å²) < 4.78 is 0. The van der Waals surface area contributed by atoms with Crippen LogP contribution in [0.4, 0.5) is 0 Å². The second-order valence-electron chi connectivity index (χ2n) is 5.55. The third-order valence-electron chi connectivity index (χ3n) is 4.12. The molecule has 1 aliphatic rings. The lowest BCUT2D eigenvalue weighted by Gasteiger charge is -2.30. The lowest BCUT2D eigenvalue weighted by molar-refractivity contribution is 0.0906. The third-order valence-corrected chi connectivity index (χ3v) is 5.03. The van der Waals surface area contributed by atoms with Gasteiger partial charge in [-0.1, -0.05) is 26.2 Å². The van der Waals surface area contributed by atoms with Crippen LogP contribution in [0.25, 0.3) is 0 Å². The molecular formula is C15H25N3OS. The summed E-state index contributed by atoms with van der Waals surface area (Å²) in [6.07, 6.45) is 8.18. The van der Waals surface area contributed by atoms with E-state index < -0.39 is 0 Å². The number of amides is 1. The highest BCUT2D eigenvalue weighted by Gasteiger charge is 2.24. The Balaban J connectivity index is 1.93. The summed E-state index contributed by atoms with van der Waals surface area (Å²) in [5.41, 5.74) is 6.06. The van der Waals surface area contributed by atoms with E-state index >= 15 is 0 Å². The Kier molecular flexibility index (Phi) is 5.98. The number of hydrogen-bond acceptors (Lipinski definition) is 4. The van der Waals surface area contributed by atoms with Crippen molar-refractivity contribution >= 4 is 17.2 Å². The van der Waals surface area contributed by atoms with E-state index in [4.69, 9.17) is 5.73 Å². The zero-order valence-corrected chi connectivity index (χ0v) is 13.0. The van der Waals surface area contributed by atoms with Gasteiger partial charge in [-0.3, -0.25) is 4.79 Å². The minimum absolute atomic E-state index is 0.0260. The average Bonchev–Trinajstić information content (AvgIpc) is 2.94. The van der Waals surface area contributed by atoms with Crippen LogP contribution in [0.2, 0.25) is 0 Å². The maximum atomic E-state index is 12.3. The van der Waals surface area contributed by atoms with Crippen molar-refractivity contribution < 1.29 is 4.79 Å². The summed E-state index contributed by atoms with van der Waals surface area (Å²) in [5.74, 6) is 0.613. The van der Waals surface area contributed by atoms with E-state index in [0.717, 1.165) is 17.8 Å². The Labute approximate surface area is 125 Å². The van der Waals surface area contributed by atoms with E-state index in [1.54, 1.807) is 0 Å². The molecule has 0 saturated heterocycles. The maximum absolute atomic E-state index is 12.3. The molecule has 1 unspecified atom stereocenters. The predicted octanol–water partition coefficient (Wildman–Crippen LogP) is 2.73. The molecule has 0 bridgehead atoms. The first kappa shape index (κ1) is 15.4. The molecule has 0 aromatic carbocycles. The molecule has 1 atom stereocenters. The van der Waals surface area contributed by atoms with Gasteiger partial charge < -0.3 is 11.1 Å². The molecule has 2 rings (SSSR count). The van der Waals surface area contributed by atoms with E-state index in [2.05, 4.69) is 17.2 Å². The highest BCUT2D eigenvalue weighted by Crippen LogP contribution is 2.27. The van der Waals surface area contributed by atoms with Crippen LogP contribution < -0.4 is 11.1 Å². The van der Waals surface area contributed by atoms with Crippen molar-refractivity contribution in [3.05, 3.63) is 16.1 Å². The van der Waals surface area contributed by atoms with E-state index in [1.807, 2.05) is 5.38 Å². The fourth-order valence-corrected chi connectivity index (χ4v) is 3.78. The average molecular weight is 295 g/mol. The van der Waals surface area contributed by atoms with Crippen molar-refractivity contribution in [2.45, 2.75) is 57.9 Å². The Morgan fingerprint density at radius 1 is 1.50 bits per heavy atom. The van der Waals surface area contributed by atoms with Gasteiger partial charge in [0.2, 0.25) is 0 Å².